The lowest BCUT2D eigenvalue weighted by molar-refractivity contribution is -0.138. The Labute approximate surface area is 133 Å². The molecule has 1 unspecified atom stereocenters. The molecule has 1 aliphatic heterocycles. The first kappa shape index (κ1) is 15.5. The molecule has 22 heavy (non-hydrogen) atoms. The molecule has 1 aliphatic carbocycles. The maximum absolute atomic E-state index is 12.7. The van der Waals surface area contributed by atoms with Crippen LogP contribution in [0.4, 0.5) is 0 Å². The highest BCUT2D eigenvalue weighted by Crippen LogP contribution is 2.36. The molecule has 0 bridgehead atoms. The van der Waals surface area contributed by atoms with Gasteiger partial charge in [-0.15, -0.1) is 0 Å². The van der Waals surface area contributed by atoms with Gasteiger partial charge in [-0.3, -0.25) is 4.79 Å². The summed E-state index contributed by atoms with van der Waals surface area (Å²) in [5.41, 5.74) is 1.42. The third-order valence-electron chi connectivity index (χ3n) is 5.44. The SMILES string of the molecule is O=C(C1CCC(c2ccccc2)CC1)N1CCCC(CO)C1. The van der Waals surface area contributed by atoms with Gasteiger partial charge in [0.25, 0.3) is 0 Å². The number of likely N-dealkylation sites (tertiary alicyclic amines) is 1. The van der Waals surface area contributed by atoms with Crippen molar-refractivity contribution in [3.63, 3.8) is 0 Å². The zero-order valence-corrected chi connectivity index (χ0v) is 13.3. The van der Waals surface area contributed by atoms with Crippen molar-refractivity contribution in [2.75, 3.05) is 19.7 Å². The molecule has 3 heteroatoms. The van der Waals surface area contributed by atoms with Crippen molar-refractivity contribution in [3.05, 3.63) is 35.9 Å². The lowest BCUT2D eigenvalue weighted by Crippen LogP contribution is -2.44. The number of hydrogen-bond donors (Lipinski definition) is 1. The number of nitrogens with zero attached hydrogens (tertiary/aromatic N) is 1. The first-order valence-electron chi connectivity index (χ1n) is 8.72. The van der Waals surface area contributed by atoms with Crippen LogP contribution in [0.15, 0.2) is 30.3 Å². The van der Waals surface area contributed by atoms with E-state index in [1.807, 2.05) is 4.90 Å². The number of hydrogen-bond acceptors (Lipinski definition) is 2. The second-order valence-electron chi connectivity index (χ2n) is 6.93. The molecular formula is C19H27NO2. The molecule has 1 heterocycles. The number of carbonyl (C=O) groups excluding carboxylic acids is 1. The minimum Gasteiger partial charge on any atom is -0.396 e. The van der Waals surface area contributed by atoms with E-state index in [0.29, 0.717) is 17.7 Å². The van der Waals surface area contributed by atoms with Crippen molar-refractivity contribution in [2.45, 2.75) is 44.4 Å². The van der Waals surface area contributed by atoms with Gasteiger partial charge >= 0.3 is 0 Å². The molecule has 0 aromatic heterocycles. The standard InChI is InChI=1S/C19H27NO2/c21-14-15-5-4-12-20(13-15)19(22)18-10-8-17(9-11-18)16-6-2-1-3-7-16/h1-3,6-7,15,17-18,21H,4-5,8-14H2. The molecule has 1 aromatic carbocycles. The Morgan fingerprint density at radius 1 is 1.09 bits per heavy atom. The summed E-state index contributed by atoms with van der Waals surface area (Å²) in [7, 11) is 0. The largest absolute Gasteiger partial charge is 0.396 e. The third kappa shape index (κ3) is 3.52. The van der Waals surface area contributed by atoms with E-state index in [1.165, 1.54) is 5.56 Å². The van der Waals surface area contributed by atoms with E-state index in [-0.39, 0.29) is 12.5 Å². The summed E-state index contributed by atoms with van der Waals surface area (Å²) < 4.78 is 0. The molecule has 0 spiro atoms. The van der Waals surface area contributed by atoms with Crippen molar-refractivity contribution in [1.82, 2.24) is 4.90 Å². The highest BCUT2D eigenvalue weighted by atomic mass is 16.3. The molecule has 1 saturated carbocycles. The van der Waals surface area contributed by atoms with Gasteiger partial charge in [0, 0.05) is 25.6 Å². The average molecular weight is 301 g/mol. The first-order valence-corrected chi connectivity index (χ1v) is 8.72. The molecule has 3 rings (SSSR count). The van der Waals surface area contributed by atoms with Gasteiger partial charge in [-0.05, 0) is 55.9 Å². The highest BCUT2D eigenvalue weighted by Gasteiger charge is 2.32. The van der Waals surface area contributed by atoms with Crippen LogP contribution in [-0.2, 0) is 4.79 Å². The Morgan fingerprint density at radius 3 is 2.50 bits per heavy atom. The zero-order chi connectivity index (χ0) is 15.4. The maximum Gasteiger partial charge on any atom is 0.225 e. The molecule has 1 amide bonds. The minimum absolute atomic E-state index is 0.206. The van der Waals surface area contributed by atoms with E-state index in [9.17, 15) is 9.90 Å². The molecule has 1 N–H and O–H groups in total. The number of benzene rings is 1. The number of carbonyl (C=O) groups is 1. The molecule has 2 aliphatic rings. The van der Waals surface area contributed by atoms with Crippen LogP contribution >= 0.6 is 0 Å². The maximum atomic E-state index is 12.7. The van der Waals surface area contributed by atoms with Crippen LogP contribution in [0.2, 0.25) is 0 Å². The quantitative estimate of drug-likeness (QED) is 0.931. The summed E-state index contributed by atoms with van der Waals surface area (Å²) >= 11 is 0. The minimum atomic E-state index is 0.206. The van der Waals surface area contributed by atoms with Gasteiger partial charge in [0.05, 0.1) is 0 Å². The van der Waals surface area contributed by atoms with E-state index in [0.717, 1.165) is 51.6 Å². The van der Waals surface area contributed by atoms with Crippen LogP contribution in [0, 0.1) is 11.8 Å². The molecule has 120 valence electrons. The van der Waals surface area contributed by atoms with E-state index >= 15 is 0 Å². The van der Waals surface area contributed by atoms with Crippen LogP contribution in [0.3, 0.4) is 0 Å². The van der Waals surface area contributed by atoms with E-state index < -0.39 is 0 Å². The summed E-state index contributed by atoms with van der Waals surface area (Å²) in [6.45, 7) is 1.85. The Morgan fingerprint density at radius 2 is 1.82 bits per heavy atom. The van der Waals surface area contributed by atoms with Crippen LogP contribution in [0.1, 0.15) is 50.0 Å². The summed E-state index contributed by atoms with van der Waals surface area (Å²) in [5, 5.41) is 9.32. The summed E-state index contributed by atoms with van der Waals surface area (Å²) in [6, 6.07) is 10.7. The fourth-order valence-electron chi connectivity index (χ4n) is 4.07. The lowest BCUT2D eigenvalue weighted by Gasteiger charge is -2.36. The fraction of sp³-hybridized carbons (Fsp3) is 0.632. The summed E-state index contributed by atoms with van der Waals surface area (Å²) in [6.07, 6.45) is 6.37. The highest BCUT2D eigenvalue weighted by molar-refractivity contribution is 5.79. The van der Waals surface area contributed by atoms with Crippen molar-refractivity contribution >= 4 is 5.91 Å². The molecule has 1 aromatic rings. The Balaban J connectivity index is 1.53. The van der Waals surface area contributed by atoms with E-state index in [4.69, 9.17) is 0 Å². The second kappa shape index (κ2) is 7.28. The fourth-order valence-corrected chi connectivity index (χ4v) is 4.07. The van der Waals surface area contributed by atoms with Gasteiger partial charge in [0.15, 0.2) is 0 Å². The van der Waals surface area contributed by atoms with Gasteiger partial charge < -0.3 is 10.0 Å². The number of amides is 1. The Hall–Kier alpha value is -1.35. The monoisotopic (exact) mass is 301 g/mol. The molecule has 2 fully saturated rings. The van der Waals surface area contributed by atoms with Gasteiger partial charge in [0.2, 0.25) is 5.91 Å². The van der Waals surface area contributed by atoms with Crippen LogP contribution in [0.25, 0.3) is 0 Å². The number of rotatable bonds is 3. The van der Waals surface area contributed by atoms with Gasteiger partial charge in [0.1, 0.15) is 0 Å². The third-order valence-corrected chi connectivity index (χ3v) is 5.44. The normalized spacial score (nSPS) is 29.3. The Bertz CT molecular complexity index is 479. The second-order valence-corrected chi connectivity index (χ2v) is 6.93. The number of piperidine rings is 1. The molecule has 1 atom stereocenters. The van der Waals surface area contributed by atoms with Gasteiger partial charge in [-0.25, -0.2) is 0 Å². The first-order chi connectivity index (χ1) is 10.8. The van der Waals surface area contributed by atoms with Crippen molar-refractivity contribution in [3.8, 4) is 0 Å². The number of aliphatic hydroxyl groups excluding tert-OH is 1. The zero-order valence-electron chi connectivity index (χ0n) is 13.3. The number of aliphatic hydroxyl groups is 1. The van der Waals surface area contributed by atoms with Crippen LogP contribution in [0.5, 0.6) is 0 Å². The smallest absolute Gasteiger partial charge is 0.225 e. The van der Waals surface area contributed by atoms with E-state index in [2.05, 4.69) is 30.3 Å². The Kier molecular flexibility index (Phi) is 5.14. The lowest BCUT2D eigenvalue weighted by atomic mass is 9.78. The van der Waals surface area contributed by atoms with Crippen molar-refractivity contribution in [1.29, 1.82) is 0 Å². The van der Waals surface area contributed by atoms with Crippen molar-refractivity contribution in [2.24, 2.45) is 11.8 Å². The molecular weight excluding hydrogens is 274 g/mol. The molecule has 1 saturated heterocycles. The molecule has 3 nitrogen and oxygen atoms in total. The predicted molar refractivity (Wildman–Crippen MR) is 87.5 cm³/mol. The topological polar surface area (TPSA) is 40.5 Å². The average Bonchev–Trinajstić information content (AvgIpc) is 2.62. The predicted octanol–water partition coefficient (Wildman–Crippen LogP) is 3.19. The van der Waals surface area contributed by atoms with Gasteiger partial charge in [-0.2, -0.15) is 0 Å². The van der Waals surface area contributed by atoms with Crippen molar-refractivity contribution < 1.29 is 9.90 Å². The molecule has 0 radical (unpaired) electrons. The summed E-state index contributed by atoms with van der Waals surface area (Å²) in [4.78, 5) is 14.7. The van der Waals surface area contributed by atoms with E-state index in [1.54, 1.807) is 0 Å². The van der Waals surface area contributed by atoms with Crippen LogP contribution < -0.4 is 0 Å². The van der Waals surface area contributed by atoms with Crippen LogP contribution in [-0.4, -0.2) is 35.6 Å². The summed E-state index contributed by atoms with van der Waals surface area (Å²) in [5.74, 6) is 1.46. The van der Waals surface area contributed by atoms with Gasteiger partial charge in [-0.1, -0.05) is 30.3 Å².